The molecule has 0 saturated carbocycles. The first-order valence-corrected chi connectivity index (χ1v) is 7.51. The molecule has 3 heteroatoms. The van der Waals surface area contributed by atoms with Crippen LogP contribution in [-0.4, -0.2) is 12.5 Å². The van der Waals surface area contributed by atoms with Crippen molar-refractivity contribution in [1.82, 2.24) is 5.32 Å². The third-order valence-electron chi connectivity index (χ3n) is 3.80. The lowest BCUT2D eigenvalue weighted by molar-refractivity contribution is -0.123. The molecule has 1 N–H and O–H groups in total. The fourth-order valence-corrected chi connectivity index (χ4v) is 2.17. The summed E-state index contributed by atoms with van der Waals surface area (Å²) < 4.78 is 5.55. The van der Waals surface area contributed by atoms with Crippen LogP contribution in [0.15, 0.2) is 42.5 Å². The van der Waals surface area contributed by atoms with E-state index in [1.807, 2.05) is 63.2 Å². The fraction of sp³-hybridized carbons (Fsp3) is 0.316. The van der Waals surface area contributed by atoms with Crippen molar-refractivity contribution in [2.45, 2.75) is 33.7 Å². The Kier molecular flexibility index (Phi) is 5.21. The van der Waals surface area contributed by atoms with E-state index in [4.69, 9.17) is 4.74 Å². The molecule has 0 aliphatic carbocycles. The van der Waals surface area contributed by atoms with Crippen LogP contribution in [0.1, 0.15) is 35.2 Å². The minimum Gasteiger partial charge on any atom is -0.484 e. The molecule has 0 saturated heterocycles. The Balaban J connectivity index is 1.87. The van der Waals surface area contributed by atoms with Crippen molar-refractivity contribution < 1.29 is 9.53 Å². The van der Waals surface area contributed by atoms with Crippen molar-refractivity contribution in [1.29, 1.82) is 0 Å². The summed E-state index contributed by atoms with van der Waals surface area (Å²) in [6.45, 7) is 8.12. The third kappa shape index (κ3) is 4.35. The molecule has 1 amide bonds. The second kappa shape index (κ2) is 7.12. The number of aryl methyl sites for hydroxylation is 3. The summed E-state index contributed by atoms with van der Waals surface area (Å²) in [6, 6.07) is 14.0. The van der Waals surface area contributed by atoms with E-state index < -0.39 is 0 Å². The standard InChI is InChI=1S/C19H23NO2/c1-13-5-8-17(9-6-13)16(4)20-19(21)12-22-18-10-7-14(2)15(3)11-18/h5-11,16H,12H2,1-4H3,(H,20,21)/t16-/m0/s1. The quantitative estimate of drug-likeness (QED) is 0.910. The van der Waals surface area contributed by atoms with Gasteiger partial charge in [0.1, 0.15) is 5.75 Å². The van der Waals surface area contributed by atoms with Crippen LogP contribution in [0.4, 0.5) is 0 Å². The van der Waals surface area contributed by atoms with Gasteiger partial charge in [-0.05, 0) is 56.5 Å². The van der Waals surface area contributed by atoms with Gasteiger partial charge in [0.25, 0.3) is 5.91 Å². The number of amides is 1. The molecule has 3 nitrogen and oxygen atoms in total. The Bertz CT molecular complexity index is 647. The first-order valence-electron chi connectivity index (χ1n) is 7.51. The maximum Gasteiger partial charge on any atom is 0.258 e. The third-order valence-corrected chi connectivity index (χ3v) is 3.80. The number of carbonyl (C=O) groups excluding carboxylic acids is 1. The van der Waals surface area contributed by atoms with Gasteiger partial charge < -0.3 is 10.1 Å². The highest BCUT2D eigenvalue weighted by Crippen LogP contribution is 2.16. The maximum atomic E-state index is 12.0. The van der Waals surface area contributed by atoms with Crippen molar-refractivity contribution in [3.8, 4) is 5.75 Å². The van der Waals surface area contributed by atoms with Gasteiger partial charge in [0.15, 0.2) is 6.61 Å². The second-order valence-corrected chi connectivity index (χ2v) is 5.73. The van der Waals surface area contributed by atoms with Crippen LogP contribution >= 0.6 is 0 Å². The summed E-state index contributed by atoms with van der Waals surface area (Å²) in [6.07, 6.45) is 0. The minimum absolute atomic E-state index is 0.0265. The molecular weight excluding hydrogens is 274 g/mol. The number of nitrogens with one attached hydrogen (secondary N) is 1. The van der Waals surface area contributed by atoms with Gasteiger partial charge in [-0.3, -0.25) is 4.79 Å². The molecule has 2 rings (SSSR count). The summed E-state index contributed by atoms with van der Waals surface area (Å²) in [7, 11) is 0. The van der Waals surface area contributed by atoms with Gasteiger partial charge in [-0.25, -0.2) is 0 Å². The average Bonchev–Trinajstić information content (AvgIpc) is 2.49. The first-order chi connectivity index (χ1) is 10.5. The Labute approximate surface area is 132 Å². The van der Waals surface area contributed by atoms with Crippen molar-refractivity contribution in [2.75, 3.05) is 6.61 Å². The van der Waals surface area contributed by atoms with Gasteiger partial charge in [0.2, 0.25) is 0 Å². The molecule has 0 aliphatic rings. The molecule has 0 radical (unpaired) electrons. The van der Waals surface area contributed by atoms with E-state index in [1.165, 1.54) is 11.1 Å². The summed E-state index contributed by atoms with van der Waals surface area (Å²) >= 11 is 0. The zero-order valence-electron chi connectivity index (χ0n) is 13.6. The van der Waals surface area contributed by atoms with Crippen LogP contribution in [0.5, 0.6) is 5.75 Å². The molecule has 0 fully saturated rings. The normalized spacial score (nSPS) is 11.8. The highest BCUT2D eigenvalue weighted by molar-refractivity contribution is 5.78. The Morgan fingerprint density at radius 3 is 2.36 bits per heavy atom. The molecule has 22 heavy (non-hydrogen) atoms. The Morgan fingerprint density at radius 2 is 1.73 bits per heavy atom. The van der Waals surface area contributed by atoms with E-state index in [0.717, 1.165) is 16.9 Å². The number of hydrogen-bond acceptors (Lipinski definition) is 2. The zero-order chi connectivity index (χ0) is 16.1. The van der Waals surface area contributed by atoms with E-state index in [2.05, 4.69) is 12.2 Å². The van der Waals surface area contributed by atoms with Gasteiger partial charge >= 0.3 is 0 Å². The number of ether oxygens (including phenoxy) is 1. The minimum atomic E-state index is -0.119. The highest BCUT2D eigenvalue weighted by Gasteiger charge is 2.10. The fourth-order valence-electron chi connectivity index (χ4n) is 2.17. The van der Waals surface area contributed by atoms with Crippen molar-refractivity contribution >= 4 is 5.91 Å². The monoisotopic (exact) mass is 297 g/mol. The van der Waals surface area contributed by atoms with Gasteiger partial charge in [-0.1, -0.05) is 35.9 Å². The van der Waals surface area contributed by atoms with Crippen LogP contribution in [-0.2, 0) is 4.79 Å². The van der Waals surface area contributed by atoms with Crippen LogP contribution in [0.3, 0.4) is 0 Å². The Morgan fingerprint density at radius 1 is 1.05 bits per heavy atom. The molecule has 0 aromatic heterocycles. The van der Waals surface area contributed by atoms with Crippen molar-refractivity contribution in [3.05, 3.63) is 64.7 Å². The predicted molar refractivity (Wildman–Crippen MR) is 89.1 cm³/mol. The lowest BCUT2D eigenvalue weighted by Gasteiger charge is -2.15. The SMILES string of the molecule is Cc1ccc([C@H](C)NC(=O)COc2ccc(C)c(C)c2)cc1. The zero-order valence-corrected chi connectivity index (χ0v) is 13.6. The Hall–Kier alpha value is -2.29. The van der Waals surface area contributed by atoms with E-state index in [0.29, 0.717) is 0 Å². The molecule has 116 valence electrons. The topological polar surface area (TPSA) is 38.3 Å². The van der Waals surface area contributed by atoms with Crippen LogP contribution in [0.25, 0.3) is 0 Å². The highest BCUT2D eigenvalue weighted by atomic mass is 16.5. The lowest BCUT2D eigenvalue weighted by Crippen LogP contribution is -2.31. The van der Waals surface area contributed by atoms with Crippen LogP contribution < -0.4 is 10.1 Å². The number of benzene rings is 2. The molecule has 0 aliphatic heterocycles. The number of hydrogen-bond donors (Lipinski definition) is 1. The molecule has 2 aromatic rings. The summed E-state index contributed by atoms with van der Waals surface area (Å²) in [5, 5.41) is 2.95. The van der Waals surface area contributed by atoms with Crippen molar-refractivity contribution in [2.24, 2.45) is 0 Å². The molecule has 1 atom stereocenters. The van der Waals surface area contributed by atoms with E-state index in [-0.39, 0.29) is 18.6 Å². The summed E-state index contributed by atoms with van der Waals surface area (Å²) in [5.74, 6) is 0.604. The van der Waals surface area contributed by atoms with E-state index >= 15 is 0 Å². The summed E-state index contributed by atoms with van der Waals surface area (Å²) in [5.41, 5.74) is 4.67. The predicted octanol–water partition coefficient (Wildman–Crippen LogP) is 3.87. The molecule has 0 heterocycles. The van der Waals surface area contributed by atoms with Crippen LogP contribution in [0, 0.1) is 20.8 Å². The summed E-state index contributed by atoms with van der Waals surface area (Å²) in [4.78, 5) is 12.0. The number of carbonyl (C=O) groups is 1. The largest absolute Gasteiger partial charge is 0.484 e. The average molecular weight is 297 g/mol. The maximum absolute atomic E-state index is 12.0. The smallest absolute Gasteiger partial charge is 0.258 e. The van der Waals surface area contributed by atoms with E-state index in [1.54, 1.807) is 0 Å². The molecule has 0 bridgehead atoms. The van der Waals surface area contributed by atoms with E-state index in [9.17, 15) is 4.79 Å². The van der Waals surface area contributed by atoms with Gasteiger partial charge in [0, 0.05) is 0 Å². The molecule has 0 spiro atoms. The number of rotatable bonds is 5. The first kappa shape index (κ1) is 16.1. The molecular formula is C19H23NO2. The lowest BCUT2D eigenvalue weighted by atomic mass is 10.1. The van der Waals surface area contributed by atoms with Gasteiger partial charge in [-0.2, -0.15) is 0 Å². The van der Waals surface area contributed by atoms with Crippen LogP contribution in [0.2, 0.25) is 0 Å². The van der Waals surface area contributed by atoms with Crippen molar-refractivity contribution in [3.63, 3.8) is 0 Å². The molecule has 0 unspecified atom stereocenters. The van der Waals surface area contributed by atoms with Gasteiger partial charge in [0.05, 0.1) is 6.04 Å². The van der Waals surface area contributed by atoms with Gasteiger partial charge in [-0.15, -0.1) is 0 Å². The second-order valence-electron chi connectivity index (χ2n) is 5.73. The molecule has 2 aromatic carbocycles.